The number of aliphatic hydroxyl groups is 1. The lowest BCUT2D eigenvalue weighted by atomic mass is 10.4. The van der Waals surface area contributed by atoms with Gasteiger partial charge >= 0.3 is 6.03 Å². The number of urea groups is 1. The Labute approximate surface area is 53.2 Å². The largest absolute Gasteiger partial charge is 0.373 e. The third-order valence-electron chi connectivity index (χ3n) is 1.50. The number of carbonyl (C=O) groups excluding carboxylic acids is 1. The van der Waals surface area contributed by atoms with Gasteiger partial charge in [0.2, 0.25) is 0 Å². The lowest BCUT2D eigenvalue weighted by Gasteiger charge is -2.16. The van der Waals surface area contributed by atoms with E-state index in [1.807, 2.05) is 0 Å². The van der Waals surface area contributed by atoms with Crippen LogP contribution < -0.4 is 5.73 Å². The summed E-state index contributed by atoms with van der Waals surface area (Å²) in [5, 5.41) is 8.98. The molecule has 1 atom stereocenters. The first kappa shape index (κ1) is 6.35. The van der Waals surface area contributed by atoms with Crippen LogP contribution in [0.1, 0.15) is 12.8 Å². The fraction of sp³-hybridized carbons (Fsp3) is 0.800. The predicted octanol–water partition coefficient (Wildman–Crippen LogP) is -0.521. The van der Waals surface area contributed by atoms with Crippen LogP contribution in [-0.2, 0) is 0 Å². The van der Waals surface area contributed by atoms with Gasteiger partial charge in [-0.3, -0.25) is 4.90 Å². The van der Waals surface area contributed by atoms with Crippen molar-refractivity contribution in [3.63, 3.8) is 0 Å². The van der Waals surface area contributed by atoms with Gasteiger partial charge in [0, 0.05) is 6.54 Å². The quantitative estimate of drug-likeness (QED) is 0.463. The Hall–Kier alpha value is -0.770. The molecule has 0 unspecified atom stereocenters. The number of aliphatic hydroxyl groups excluding tert-OH is 1. The van der Waals surface area contributed by atoms with Crippen LogP contribution in [0, 0.1) is 0 Å². The van der Waals surface area contributed by atoms with E-state index in [0.717, 1.165) is 6.42 Å². The number of rotatable bonds is 0. The van der Waals surface area contributed by atoms with Gasteiger partial charge in [0.15, 0.2) is 0 Å². The van der Waals surface area contributed by atoms with Gasteiger partial charge in [-0.25, -0.2) is 4.79 Å². The molecule has 1 rings (SSSR count). The molecule has 4 nitrogen and oxygen atoms in total. The monoisotopic (exact) mass is 130 g/mol. The second-order valence-electron chi connectivity index (χ2n) is 2.15. The summed E-state index contributed by atoms with van der Waals surface area (Å²) in [6.45, 7) is 0.594. The molecule has 0 bridgehead atoms. The second-order valence-corrected chi connectivity index (χ2v) is 2.15. The maximum atomic E-state index is 10.4. The van der Waals surface area contributed by atoms with Gasteiger partial charge in [0.25, 0.3) is 0 Å². The molecule has 4 heteroatoms. The van der Waals surface area contributed by atoms with Gasteiger partial charge < -0.3 is 10.8 Å². The van der Waals surface area contributed by atoms with Crippen LogP contribution in [0.3, 0.4) is 0 Å². The number of primary amides is 1. The summed E-state index contributed by atoms with van der Waals surface area (Å²) in [5.41, 5.74) is 4.92. The lowest BCUT2D eigenvalue weighted by Crippen LogP contribution is -2.39. The molecule has 0 aromatic rings. The highest BCUT2D eigenvalue weighted by atomic mass is 16.3. The average molecular weight is 130 g/mol. The molecule has 0 saturated carbocycles. The summed E-state index contributed by atoms with van der Waals surface area (Å²) in [7, 11) is 0. The molecular formula is C5H10N2O2. The van der Waals surface area contributed by atoms with Crippen molar-refractivity contribution in [1.29, 1.82) is 0 Å². The molecule has 2 amide bonds. The summed E-state index contributed by atoms with van der Waals surface area (Å²) in [5.74, 6) is 0. The molecular weight excluding hydrogens is 120 g/mol. The zero-order valence-electron chi connectivity index (χ0n) is 5.08. The average Bonchev–Trinajstić information content (AvgIpc) is 2.13. The lowest BCUT2D eigenvalue weighted by molar-refractivity contribution is 0.0650. The molecule has 0 aromatic heterocycles. The van der Waals surface area contributed by atoms with E-state index in [2.05, 4.69) is 0 Å². The fourth-order valence-electron chi connectivity index (χ4n) is 1.01. The van der Waals surface area contributed by atoms with Crippen LogP contribution in [0.4, 0.5) is 4.79 Å². The normalized spacial score (nSPS) is 26.8. The summed E-state index contributed by atoms with van der Waals surface area (Å²) >= 11 is 0. The number of carbonyl (C=O) groups is 1. The first-order valence-electron chi connectivity index (χ1n) is 2.96. The first-order chi connectivity index (χ1) is 4.22. The van der Waals surface area contributed by atoms with Crippen molar-refractivity contribution >= 4 is 6.03 Å². The molecule has 0 aliphatic carbocycles. The molecule has 9 heavy (non-hydrogen) atoms. The van der Waals surface area contributed by atoms with Crippen LogP contribution in [-0.4, -0.2) is 28.8 Å². The highest BCUT2D eigenvalue weighted by Gasteiger charge is 2.24. The molecule has 52 valence electrons. The molecule has 0 radical (unpaired) electrons. The maximum absolute atomic E-state index is 10.4. The van der Waals surface area contributed by atoms with E-state index < -0.39 is 12.3 Å². The maximum Gasteiger partial charge on any atom is 0.316 e. The Morgan fingerprint density at radius 1 is 1.78 bits per heavy atom. The Kier molecular flexibility index (Phi) is 1.57. The third-order valence-corrected chi connectivity index (χ3v) is 1.50. The van der Waals surface area contributed by atoms with Crippen LogP contribution in [0.15, 0.2) is 0 Å². The Balaban J connectivity index is 2.49. The van der Waals surface area contributed by atoms with E-state index in [1.165, 1.54) is 4.90 Å². The molecule has 1 saturated heterocycles. The minimum Gasteiger partial charge on any atom is -0.373 e. The van der Waals surface area contributed by atoms with Crippen LogP contribution in [0.25, 0.3) is 0 Å². The van der Waals surface area contributed by atoms with Crippen molar-refractivity contribution in [3.05, 3.63) is 0 Å². The van der Waals surface area contributed by atoms with Gasteiger partial charge in [-0.1, -0.05) is 0 Å². The van der Waals surface area contributed by atoms with Crippen molar-refractivity contribution < 1.29 is 9.90 Å². The number of likely N-dealkylation sites (tertiary alicyclic amines) is 1. The van der Waals surface area contributed by atoms with Gasteiger partial charge in [0.05, 0.1) is 0 Å². The van der Waals surface area contributed by atoms with Crippen LogP contribution >= 0.6 is 0 Å². The van der Waals surface area contributed by atoms with Crippen molar-refractivity contribution in [3.8, 4) is 0 Å². The van der Waals surface area contributed by atoms with Crippen molar-refractivity contribution in [2.45, 2.75) is 19.1 Å². The molecule has 1 aliphatic rings. The molecule has 3 N–H and O–H groups in total. The van der Waals surface area contributed by atoms with E-state index in [-0.39, 0.29) is 0 Å². The standard InChI is InChI=1S/C5H10N2O2/c6-5(9)7-3-1-2-4(7)8/h4,8H,1-3H2,(H2,6,9)/t4-/m0/s1. The van der Waals surface area contributed by atoms with Crippen LogP contribution in [0.2, 0.25) is 0 Å². The predicted molar refractivity (Wildman–Crippen MR) is 31.5 cm³/mol. The van der Waals surface area contributed by atoms with E-state index in [0.29, 0.717) is 13.0 Å². The van der Waals surface area contributed by atoms with Gasteiger partial charge in [-0.2, -0.15) is 0 Å². The Bertz CT molecular complexity index is 126. The first-order valence-corrected chi connectivity index (χ1v) is 2.96. The summed E-state index contributed by atoms with van der Waals surface area (Å²) in [6, 6.07) is -0.528. The minimum absolute atomic E-state index is 0.528. The van der Waals surface area contributed by atoms with E-state index in [9.17, 15) is 4.79 Å². The highest BCUT2D eigenvalue weighted by Crippen LogP contribution is 2.12. The van der Waals surface area contributed by atoms with Gasteiger partial charge in [-0.05, 0) is 12.8 Å². The van der Waals surface area contributed by atoms with E-state index in [1.54, 1.807) is 0 Å². The number of nitrogens with zero attached hydrogens (tertiary/aromatic N) is 1. The summed E-state index contributed by atoms with van der Waals surface area (Å²) < 4.78 is 0. The number of hydrogen-bond acceptors (Lipinski definition) is 2. The molecule has 1 heterocycles. The summed E-state index contributed by atoms with van der Waals surface area (Å²) in [6.07, 6.45) is 0.870. The van der Waals surface area contributed by atoms with Crippen molar-refractivity contribution in [2.24, 2.45) is 5.73 Å². The molecule has 0 aromatic carbocycles. The van der Waals surface area contributed by atoms with Crippen molar-refractivity contribution in [2.75, 3.05) is 6.54 Å². The second kappa shape index (κ2) is 2.23. The molecule has 0 spiro atoms. The van der Waals surface area contributed by atoms with Gasteiger partial charge in [-0.15, -0.1) is 0 Å². The zero-order chi connectivity index (χ0) is 6.85. The Morgan fingerprint density at radius 3 is 2.67 bits per heavy atom. The molecule has 1 aliphatic heterocycles. The Morgan fingerprint density at radius 2 is 2.44 bits per heavy atom. The zero-order valence-corrected chi connectivity index (χ0v) is 5.08. The van der Waals surface area contributed by atoms with E-state index in [4.69, 9.17) is 10.8 Å². The minimum atomic E-state index is -0.637. The van der Waals surface area contributed by atoms with Gasteiger partial charge in [0.1, 0.15) is 6.23 Å². The number of hydrogen-bond donors (Lipinski definition) is 2. The highest BCUT2D eigenvalue weighted by molar-refractivity contribution is 5.72. The molecule has 1 fully saturated rings. The smallest absolute Gasteiger partial charge is 0.316 e. The summed E-state index contributed by atoms with van der Waals surface area (Å²) in [4.78, 5) is 11.7. The third kappa shape index (κ3) is 1.13. The fourth-order valence-corrected chi connectivity index (χ4v) is 1.01. The van der Waals surface area contributed by atoms with Crippen molar-refractivity contribution in [1.82, 2.24) is 4.90 Å². The SMILES string of the molecule is NC(=O)N1CCC[C@@H]1O. The van der Waals surface area contributed by atoms with Crippen LogP contribution in [0.5, 0.6) is 0 Å². The topological polar surface area (TPSA) is 66.6 Å². The van der Waals surface area contributed by atoms with E-state index >= 15 is 0 Å². The number of nitrogens with two attached hydrogens (primary N) is 1. The number of amides is 2.